The standard InChI is InChI=1S/C10H12ClNO3/c1-10(2,7(13)9(14)15)6-4-3-5-12-8(6)11/h3-5,7,13H,1-2H3,(H,14,15). The predicted octanol–water partition coefficient (Wildman–Crippen LogP) is 1.46. The first-order chi connectivity index (χ1) is 6.87. The predicted molar refractivity (Wildman–Crippen MR) is 55.9 cm³/mol. The summed E-state index contributed by atoms with van der Waals surface area (Å²) in [5.41, 5.74) is -0.460. The van der Waals surface area contributed by atoms with Gasteiger partial charge in [0.15, 0.2) is 6.10 Å². The number of carboxylic acids is 1. The molecule has 1 aromatic heterocycles. The molecule has 1 atom stereocenters. The SMILES string of the molecule is CC(C)(c1cccnc1Cl)C(O)C(=O)O. The van der Waals surface area contributed by atoms with E-state index in [0.29, 0.717) is 5.56 Å². The average molecular weight is 230 g/mol. The maximum Gasteiger partial charge on any atom is 0.333 e. The second-order valence-corrected chi connectivity index (χ2v) is 4.16. The van der Waals surface area contributed by atoms with E-state index in [1.807, 2.05) is 0 Å². The minimum Gasteiger partial charge on any atom is -0.479 e. The first-order valence-corrected chi connectivity index (χ1v) is 4.77. The summed E-state index contributed by atoms with van der Waals surface area (Å²) in [6.45, 7) is 3.21. The van der Waals surface area contributed by atoms with Gasteiger partial charge in [0, 0.05) is 11.6 Å². The minimum absolute atomic E-state index is 0.211. The molecule has 0 saturated heterocycles. The fourth-order valence-corrected chi connectivity index (χ4v) is 1.69. The fourth-order valence-electron chi connectivity index (χ4n) is 1.32. The van der Waals surface area contributed by atoms with Crippen molar-refractivity contribution in [2.45, 2.75) is 25.4 Å². The van der Waals surface area contributed by atoms with E-state index in [-0.39, 0.29) is 5.15 Å². The molecule has 2 N–H and O–H groups in total. The molecule has 1 aromatic rings. The van der Waals surface area contributed by atoms with Gasteiger partial charge in [0.25, 0.3) is 0 Å². The highest BCUT2D eigenvalue weighted by atomic mass is 35.5. The Balaban J connectivity index is 3.16. The minimum atomic E-state index is -1.51. The number of aliphatic hydroxyl groups excluding tert-OH is 1. The van der Waals surface area contributed by atoms with Crippen molar-refractivity contribution >= 4 is 17.6 Å². The molecule has 0 radical (unpaired) electrons. The second kappa shape index (κ2) is 4.16. The molecular weight excluding hydrogens is 218 g/mol. The van der Waals surface area contributed by atoms with Crippen molar-refractivity contribution in [1.29, 1.82) is 0 Å². The lowest BCUT2D eigenvalue weighted by atomic mass is 9.80. The Morgan fingerprint density at radius 1 is 1.60 bits per heavy atom. The first kappa shape index (κ1) is 11.9. The van der Waals surface area contributed by atoms with Gasteiger partial charge in [-0.1, -0.05) is 31.5 Å². The molecule has 0 amide bonds. The molecule has 0 fully saturated rings. The number of hydrogen-bond donors (Lipinski definition) is 2. The van der Waals surface area contributed by atoms with Crippen molar-refractivity contribution in [2.24, 2.45) is 0 Å². The molecule has 1 rings (SSSR count). The van der Waals surface area contributed by atoms with Crippen LogP contribution in [0.3, 0.4) is 0 Å². The number of halogens is 1. The monoisotopic (exact) mass is 229 g/mol. The maximum absolute atomic E-state index is 10.7. The van der Waals surface area contributed by atoms with Crippen molar-refractivity contribution < 1.29 is 15.0 Å². The van der Waals surface area contributed by atoms with Crippen LogP contribution >= 0.6 is 11.6 Å². The second-order valence-electron chi connectivity index (χ2n) is 3.80. The van der Waals surface area contributed by atoms with E-state index in [2.05, 4.69) is 4.98 Å². The Hall–Kier alpha value is -1.13. The van der Waals surface area contributed by atoms with E-state index in [1.165, 1.54) is 6.20 Å². The molecule has 0 bridgehead atoms. The molecular formula is C10H12ClNO3. The Morgan fingerprint density at radius 2 is 2.20 bits per heavy atom. The third-order valence-electron chi connectivity index (χ3n) is 2.37. The molecule has 82 valence electrons. The third kappa shape index (κ3) is 2.27. The summed E-state index contributed by atoms with van der Waals surface area (Å²) in [4.78, 5) is 14.6. The lowest BCUT2D eigenvalue weighted by Gasteiger charge is -2.28. The summed E-state index contributed by atoms with van der Waals surface area (Å²) >= 11 is 5.84. The first-order valence-electron chi connectivity index (χ1n) is 4.39. The Morgan fingerprint density at radius 3 is 2.67 bits per heavy atom. The summed E-state index contributed by atoms with van der Waals surface area (Å²) in [6.07, 6.45) is -0.00564. The summed E-state index contributed by atoms with van der Waals surface area (Å²) in [7, 11) is 0. The molecule has 1 heterocycles. The number of aliphatic carboxylic acids is 1. The van der Waals surface area contributed by atoms with E-state index in [9.17, 15) is 9.90 Å². The van der Waals surface area contributed by atoms with Crippen LogP contribution < -0.4 is 0 Å². The zero-order valence-electron chi connectivity index (χ0n) is 8.44. The van der Waals surface area contributed by atoms with Crippen molar-refractivity contribution in [2.75, 3.05) is 0 Å². The average Bonchev–Trinajstić information content (AvgIpc) is 2.16. The number of aromatic nitrogens is 1. The van der Waals surface area contributed by atoms with Crippen LogP contribution in [0.1, 0.15) is 19.4 Å². The van der Waals surface area contributed by atoms with E-state index in [1.54, 1.807) is 26.0 Å². The number of carboxylic acid groups (broad SMARTS) is 1. The summed E-state index contributed by atoms with van der Waals surface area (Å²) in [6, 6.07) is 3.30. The highest BCUT2D eigenvalue weighted by molar-refractivity contribution is 6.30. The van der Waals surface area contributed by atoms with Crippen molar-refractivity contribution in [3.63, 3.8) is 0 Å². The van der Waals surface area contributed by atoms with E-state index >= 15 is 0 Å². The van der Waals surface area contributed by atoms with Gasteiger partial charge in [0.05, 0.1) is 0 Å². The van der Waals surface area contributed by atoms with E-state index < -0.39 is 17.5 Å². The highest BCUT2D eigenvalue weighted by Gasteiger charge is 2.36. The van der Waals surface area contributed by atoms with Gasteiger partial charge < -0.3 is 10.2 Å². The van der Waals surface area contributed by atoms with Crippen LogP contribution in [0, 0.1) is 0 Å². The molecule has 1 unspecified atom stereocenters. The number of rotatable bonds is 3. The van der Waals surface area contributed by atoms with Gasteiger partial charge in [0.2, 0.25) is 0 Å². The van der Waals surface area contributed by atoms with Crippen LogP contribution in [0.2, 0.25) is 5.15 Å². The molecule has 0 aromatic carbocycles. The molecule has 0 aliphatic carbocycles. The van der Waals surface area contributed by atoms with E-state index in [4.69, 9.17) is 16.7 Å². The van der Waals surface area contributed by atoms with Gasteiger partial charge in [-0.15, -0.1) is 0 Å². The number of hydrogen-bond acceptors (Lipinski definition) is 3. The molecule has 0 aliphatic rings. The topological polar surface area (TPSA) is 70.4 Å². The van der Waals surface area contributed by atoms with Gasteiger partial charge in [-0.25, -0.2) is 9.78 Å². The van der Waals surface area contributed by atoms with Crippen LogP contribution in [0.5, 0.6) is 0 Å². The van der Waals surface area contributed by atoms with Crippen LogP contribution in [-0.2, 0) is 10.2 Å². The largest absolute Gasteiger partial charge is 0.479 e. The van der Waals surface area contributed by atoms with Gasteiger partial charge in [-0.05, 0) is 11.6 Å². The van der Waals surface area contributed by atoms with Crippen LogP contribution in [-0.4, -0.2) is 27.3 Å². The van der Waals surface area contributed by atoms with E-state index in [0.717, 1.165) is 0 Å². The van der Waals surface area contributed by atoms with Crippen molar-refractivity contribution in [3.8, 4) is 0 Å². The fraction of sp³-hybridized carbons (Fsp3) is 0.400. The Bertz CT molecular complexity index is 379. The maximum atomic E-state index is 10.7. The summed E-state index contributed by atoms with van der Waals surface area (Å²) in [5.74, 6) is -1.28. The van der Waals surface area contributed by atoms with Gasteiger partial charge in [0.1, 0.15) is 5.15 Å². The van der Waals surface area contributed by atoms with Crippen molar-refractivity contribution in [1.82, 2.24) is 4.98 Å². The molecule has 5 heteroatoms. The zero-order chi connectivity index (χ0) is 11.6. The molecule has 15 heavy (non-hydrogen) atoms. The summed E-state index contributed by atoms with van der Waals surface area (Å²) in [5, 5.41) is 18.5. The Labute approximate surface area is 92.5 Å². The number of pyridine rings is 1. The van der Waals surface area contributed by atoms with Crippen LogP contribution in [0.25, 0.3) is 0 Å². The van der Waals surface area contributed by atoms with Gasteiger partial charge in [-0.2, -0.15) is 0 Å². The van der Waals surface area contributed by atoms with Gasteiger partial charge in [-0.3, -0.25) is 0 Å². The molecule has 0 saturated carbocycles. The Kier molecular flexibility index (Phi) is 3.31. The zero-order valence-corrected chi connectivity index (χ0v) is 9.19. The normalized spacial score (nSPS) is 13.6. The molecule has 0 spiro atoms. The highest BCUT2D eigenvalue weighted by Crippen LogP contribution is 2.31. The quantitative estimate of drug-likeness (QED) is 0.770. The number of nitrogens with zero attached hydrogens (tertiary/aromatic N) is 1. The van der Waals surface area contributed by atoms with Crippen LogP contribution in [0.15, 0.2) is 18.3 Å². The third-order valence-corrected chi connectivity index (χ3v) is 2.67. The lowest BCUT2D eigenvalue weighted by molar-refractivity contribution is -0.150. The van der Waals surface area contributed by atoms with Crippen molar-refractivity contribution in [3.05, 3.63) is 29.0 Å². The van der Waals surface area contributed by atoms with Gasteiger partial charge >= 0.3 is 5.97 Å². The number of carbonyl (C=O) groups is 1. The smallest absolute Gasteiger partial charge is 0.333 e. The molecule has 4 nitrogen and oxygen atoms in total. The summed E-state index contributed by atoms with van der Waals surface area (Å²) < 4.78 is 0. The lowest BCUT2D eigenvalue weighted by Crippen LogP contribution is -2.40. The van der Waals surface area contributed by atoms with Crippen LogP contribution in [0.4, 0.5) is 0 Å². The number of aliphatic hydroxyl groups is 1. The molecule has 0 aliphatic heterocycles.